The van der Waals surface area contributed by atoms with Gasteiger partial charge in [0.25, 0.3) is 0 Å². The van der Waals surface area contributed by atoms with Crippen molar-refractivity contribution in [1.82, 2.24) is 4.98 Å². The van der Waals surface area contributed by atoms with Crippen LogP contribution in [-0.4, -0.2) is 10.1 Å². The van der Waals surface area contributed by atoms with Crippen molar-refractivity contribution in [2.24, 2.45) is 0 Å². The standard InChI is InChI=1S/C14H11NOS/c16-14(10-5-7-15-8-6-10)12-9-17-13-4-2-1-3-11(12)13/h1-9,14,16H. The van der Waals surface area contributed by atoms with Crippen molar-refractivity contribution >= 4 is 21.4 Å². The van der Waals surface area contributed by atoms with Crippen molar-refractivity contribution in [3.8, 4) is 0 Å². The number of fused-ring (bicyclic) bond motifs is 1. The van der Waals surface area contributed by atoms with Crippen LogP contribution in [0.1, 0.15) is 17.2 Å². The first kappa shape index (κ1) is 10.4. The first-order valence-corrected chi connectivity index (χ1v) is 6.28. The number of thiophene rings is 1. The van der Waals surface area contributed by atoms with E-state index >= 15 is 0 Å². The largest absolute Gasteiger partial charge is 0.384 e. The summed E-state index contributed by atoms with van der Waals surface area (Å²) in [5.74, 6) is 0. The third-order valence-electron chi connectivity index (χ3n) is 2.83. The Hall–Kier alpha value is -1.71. The first-order chi connectivity index (χ1) is 8.36. The van der Waals surface area contributed by atoms with E-state index in [1.54, 1.807) is 23.7 Å². The number of hydrogen-bond acceptors (Lipinski definition) is 3. The lowest BCUT2D eigenvalue weighted by Gasteiger charge is -2.09. The lowest BCUT2D eigenvalue weighted by molar-refractivity contribution is 0.222. The molecule has 0 saturated carbocycles. The third kappa shape index (κ3) is 1.84. The molecule has 84 valence electrons. The van der Waals surface area contributed by atoms with Gasteiger partial charge in [0, 0.05) is 22.7 Å². The average molecular weight is 241 g/mol. The molecule has 0 aliphatic carbocycles. The molecule has 0 spiro atoms. The van der Waals surface area contributed by atoms with E-state index in [1.165, 1.54) is 4.70 Å². The molecule has 3 heteroatoms. The predicted octanol–water partition coefficient (Wildman–Crippen LogP) is 3.38. The summed E-state index contributed by atoms with van der Waals surface area (Å²) in [5.41, 5.74) is 1.85. The maximum Gasteiger partial charge on any atom is 0.106 e. The van der Waals surface area contributed by atoms with Crippen molar-refractivity contribution in [2.75, 3.05) is 0 Å². The Morgan fingerprint density at radius 3 is 2.65 bits per heavy atom. The van der Waals surface area contributed by atoms with Crippen LogP contribution < -0.4 is 0 Å². The van der Waals surface area contributed by atoms with Crippen molar-refractivity contribution in [3.63, 3.8) is 0 Å². The highest BCUT2D eigenvalue weighted by Crippen LogP contribution is 2.32. The van der Waals surface area contributed by atoms with E-state index in [4.69, 9.17) is 0 Å². The van der Waals surface area contributed by atoms with Crippen LogP contribution in [-0.2, 0) is 0 Å². The predicted molar refractivity (Wildman–Crippen MR) is 70.1 cm³/mol. The molecule has 0 saturated heterocycles. The summed E-state index contributed by atoms with van der Waals surface area (Å²) in [4.78, 5) is 3.96. The number of rotatable bonds is 2. The minimum atomic E-state index is -0.575. The summed E-state index contributed by atoms with van der Waals surface area (Å²) in [6.07, 6.45) is 2.83. The quantitative estimate of drug-likeness (QED) is 0.746. The van der Waals surface area contributed by atoms with Crippen LogP contribution in [0.3, 0.4) is 0 Å². The maximum absolute atomic E-state index is 10.4. The van der Waals surface area contributed by atoms with Gasteiger partial charge < -0.3 is 5.11 Å². The number of aromatic nitrogens is 1. The third-order valence-corrected chi connectivity index (χ3v) is 3.81. The van der Waals surface area contributed by atoms with E-state index in [2.05, 4.69) is 11.1 Å². The Balaban J connectivity index is 2.10. The molecule has 0 aliphatic heterocycles. The second-order valence-corrected chi connectivity index (χ2v) is 4.78. The van der Waals surface area contributed by atoms with Crippen LogP contribution in [0.15, 0.2) is 54.2 Å². The van der Waals surface area contributed by atoms with E-state index in [1.807, 2.05) is 35.7 Å². The maximum atomic E-state index is 10.4. The highest BCUT2D eigenvalue weighted by Gasteiger charge is 2.14. The van der Waals surface area contributed by atoms with E-state index < -0.39 is 6.10 Å². The van der Waals surface area contributed by atoms with Crippen LogP contribution in [0.25, 0.3) is 10.1 Å². The zero-order chi connectivity index (χ0) is 11.7. The molecule has 0 amide bonds. The zero-order valence-corrected chi connectivity index (χ0v) is 9.89. The van der Waals surface area contributed by atoms with Gasteiger partial charge >= 0.3 is 0 Å². The molecule has 1 atom stereocenters. The van der Waals surface area contributed by atoms with E-state index in [-0.39, 0.29) is 0 Å². The topological polar surface area (TPSA) is 33.1 Å². The first-order valence-electron chi connectivity index (χ1n) is 5.40. The highest BCUT2D eigenvalue weighted by molar-refractivity contribution is 7.17. The molecule has 0 radical (unpaired) electrons. The summed E-state index contributed by atoms with van der Waals surface area (Å²) < 4.78 is 1.20. The van der Waals surface area contributed by atoms with Gasteiger partial charge in [-0.1, -0.05) is 18.2 Å². The summed E-state index contributed by atoms with van der Waals surface area (Å²) in [5, 5.41) is 13.5. The van der Waals surface area contributed by atoms with E-state index in [0.29, 0.717) is 0 Å². The molecule has 3 aromatic rings. The monoisotopic (exact) mass is 241 g/mol. The Morgan fingerprint density at radius 2 is 1.82 bits per heavy atom. The number of aliphatic hydroxyl groups excluding tert-OH is 1. The van der Waals surface area contributed by atoms with Gasteiger partial charge in [0.2, 0.25) is 0 Å². The molecule has 0 aliphatic rings. The summed E-state index contributed by atoms with van der Waals surface area (Å²) in [7, 11) is 0. The average Bonchev–Trinajstić information content (AvgIpc) is 2.83. The summed E-state index contributed by atoms with van der Waals surface area (Å²) in [6, 6.07) is 11.8. The molecule has 17 heavy (non-hydrogen) atoms. The molecule has 2 nitrogen and oxygen atoms in total. The fraction of sp³-hybridized carbons (Fsp3) is 0.0714. The Kier molecular flexibility index (Phi) is 2.63. The van der Waals surface area contributed by atoms with Gasteiger partial charge in [-0.25, -0.2) is 0 Å². The number of benzene rings is 1. The zero-order valence-electron chi connectivity index (χ0n) is 9.08. The Bertz CT molecular complexity index is 633. The molecule has 1 aromatic carbocycles. The number of hydrogen-bond donors (Lipinski definition) is 1. The van der Waals surface area contributed by atoms with Gasteiger partial charge in [-0.2, -0.15) is 0 Å². The number of pyridine rings is 1. The van der Waals surface area contributed by atoms with Gasteiger partial charge in [-0.05, 0) is 34.5 Å². The molecule has 2 aromatic heterocycles. The van der Waals surface area contributed by atoms with Crippen LogP contribution in [0.5, 0.6) is 0 Å². The second-order valence-electron chi connectivity index (χ2n) is 3.87. The van der Waals surface area contributed by atoms with E-state index in [0.717, 1.165) is 16.5 Å². The lowest BCUT2D eigenvalue weighted by atomic mass is 10.0. The van der Waals surface area contributed by atoms with E-state index in [9.17, 15) is 5.11 Å². The minimum absolute atomic E-state index is 0.575. The van der Waals surface area contributed by atoms with Gasteiger partial charge in [-0.15, -0.1) is 11.3 Å². The highest BCUT2D eigenvalue weighted by atomic mass is 32.1. The summed E-state index contributed by atoms with van der Waals surface area (Å²) >= 11 is 1.66. The van der Waals surface area contributed by atoms with Crippen LogP contribution in [0, 0.1) is 0 Å². The van der Waals surface area contributed by atoms with Crippen LogP contribution in [0.2, 0.25) is 0 Å². The van der Waals surface area contributed by atoms with Gasteiger partial charge in [-0.3, -0.25) is 4.98 Å². The van der Waals surface area contributed by atoms with Gasteiger partial charge in [0.1, 0.15) is 6.10 Å². The normalized spacial score (nSPS) is 12.8. The fourth-order valence-corrected chi connectivity index (χ4v) is 2.92. The van der Waals surface area contributed by atoms with Crippen molar-refractivity contribution in [3.05, 3.63) is 65.3 Å². The molecule has 0 bridgehead atoms. The second kappa shape index (κ2) is 4.28. The van der Waals surface area contributed by atoms with Crippen molar-refractivity contribution in [1.29, 1.82) is 0 Å². The molecular weight excluding hydrogens is 230 g/mol. The molecule has 3 rings (SSSR count). The van der Waals surface area contributed by atoms with Crippen molar-refractivity contribution < 1.29 is 5.11 Å². The molecule has 1 N–H and O–H groups in total. The van der Waals surface area contributed by atoms with Crippen molar-refractivity contribution in [2.45, 2.75) is 6.10 Å². The number of aliphatic hydroxyl groups is 1. The SMILES string of the molecule is OC(c1ccncc1)c1csc2ccccc12. The Labute approximate surface area is 103 Å². The lowest BCUT2D eigenvalue weighted by Crippen LogP contribution is -1.98. The fourth-order valence-electron chi connectivity index (χ4n) is 1.94. The van der Waals surface area contributed by atoms with Gasteiger partial charge in [0.15, 0.2) is 0 Å². The molecule has 1 unspecified atom stereocenters. The Morgan fingerprint density at radius 1 is 1.06 bits per heavy atom. The van der Waals surface area contributed by atoms with Crippen LogP contribution >= 0.6 is 11.3 Å². The number of nitrogens with zero attached hydrogens (tertiary/aromatic N) is 1. The van der Waals surface area contributed by atoms with Crippen LogP contribution in [0.4, 0.5) is 0 Å². The molecular formula is C14H11NOS. The molecule has 2 heterocycles. The minimum Gasteiger partial charge on any atom is -0.384 e. The smallest absolute Gasteiger partial charge is 0.106 e. The molecule has 0 fully saturated rings. The summed E-state index contributed by atoms with van der Waals surface area (Å²) in [6.45, 7) is 0. The van der Waals surface area contributed by atoms with Gasteiger partial charge in [0.05, 0.1) is 0 Å².